The van der Waals surface area contributed by atoms with Crippen LogP contribution in [0, 0.1) is 18.1 Å². The minimum Gasteiger partial charge on any atom is -0.492 e. The Morgan fingerprint density at radius 1 is 0.730 bits per heavy atom. The third-order valence-corrected chi connectivity index (χ3v) is 5.26. The molecule has 0 bridgehead atoms. The topological polar surface area (TPSA) is 72.5 Å². The van der Waals surface area contributed by atoms with Crippen LogP contribution in [-0.2, 0) is 19.0 Å². The van der Waals surface area contributed by atoms with Crippen molar-refractivity contribution in [2.75, 3.05) is 47.8 Å². The Kier molecular flexibility index (Phi) is 10.7. The second-order valence-electron chi connectivity index (χ2n) is 7.70. The summed E-state index contributed by atoms with van der Waals surface area (Å²) in [4.78, 5) is 13.0. The number of halogens is 2. The highest BCUT2D eigenvalue weighted by Gasteiger charge is 2.31. The molecule has 0 heterocycles. The average molecular weight is 516 g/mol. The number of esters is 1. The summed E-state index contributed by atoms with van der Waals surface area (Å²) in [5, 5.41) is 0. The van der Waals surface area contributed by atoms with E-state index in [0.717, 1.165) is 6.42 Å². The van der Waals surface area contributed by atoms with E-state index >= 15 is 8.78 Å². The third-order valence-electron chi connectivity index (χ3n) is 5.26. The van der Waals surface area contributed by atoms with Crippen LogP contribution in [0.4, 0.5) is 8.78 Å². The molecule has 37 heavy (non-hydrogen) atoms. The number of ether oxygens (including phenoxy) is 6. The number of methoxy groups -OCH3 is 3. The number of benzene rings is 3. The lowest BCUT2D eigenvalue weighted by Crippen LogP contribution is -2.16. The molecule has 0 N–H and O–H groups in total. The van der Waals surface area contributed by atoms with E-state index in [0.29, 0.717) is 11.1 Å². The number of carbonyl (C=O) groups is 1. The standard InChI is InChI=1S/C28H29F2O7/c1-32-14-16-35-27-24(30)23(29)21(26(34-3)28(27)36-17-15-33-2)18-22(31)37-25(19-10-6-4-7-11-19)20-12-8-5-9-13-20/h4-13,18,25H,14-17H2,1-3H3. The maximum absolute atomic E-state index is 15.2. The molecule has 0 amide bonds. The van der Waals surface area contributed by atoms with Gasteiger partial charge in [-0.2, -0.15) is 4.39 Å². The fraction of sp³-hybridized carbons (Fsp3) is 0.286. The molecule has 3 rings (SSSR count). The fourth-order valence-electron chi connectivity index (χ4n) is 3.54. The number of carbonyl (C=O) groups excluding carboxylic acids is 1. The van der Waals surface area contributed by atoms with Crippen molar-refractivity contribution < 1.29 is 42.0 Å². The normalized spacial score (nSPS) is 10.9. The molecule has 0 atom stereocenters. The molecule has 1 radical (unpaired) electrons. The Morgan fingerprint density at radius 3 is 1.73 bits per heavy atom. The van der Waals surface area contributed by atoms with Crippen LogP contribution in [0.3, 0.4) is 0 Å². The molecule has 0 fully saturated rings. The van der Waals surface area contributed by atoms with Gasteiger partial charge in [-0.05, 0) is 11.1 Å². The molecular weight excluding hydrogens is 486 g/mol. The van der Waals surface area contributed by atoms with Gasteiger partial charge in [-0.15, -0.1) is 0 Å². The third kappa shape index (κ3) is 7.18. The SMILES string of the molecule is COCCOc1c(F)c(F)c([CH]C(=O)OC(c2ccccc2)c2ccccc2)c(OC)c1OCCOC. The van der Waals surface area contributed by atoms with Crippen molar-refractivity contribution in [3.63, 3.8) is 0 Å². The van der Waals surface area contributed by atoms with Crippen LogP contribution in [0.1, 0.15) is 22.8 Å². The zero-order valence-corrected chi connectivity index (χ0v) is 20.9. The number of rotatable bonds is 14. The van der Waals surface area contributed by atoms with Gasteiger partial charge < -0.3 is 28.4 Å². The van der Waals surface area contributed by atoms with Crippen LogP contribution in [0.15, 0.2) is 60.7 Å². The molecule has 0 spiro atoms. The molecule has 9 heteroatoms. The van der Waals surface area contributed by atoms with Crippen molar-refractivity contribution in [2.45, 2.75) is 6.10 Å². The van der Waals surface area contributed by atoms with Crippen LogP contribution in [-0.4, -0.2) is 53.7 Å². The molecule has 0 aliphatic carbocycles. The molecule has 7 nitrogen and oxygen atoms in total. The van der Waals surface area contributed by atoms with E-state index in [1.807, 2.05) is 36.4 Å². The molecule has 3 aromatic rings. The van der Waals surface area contributed by atoms with E-state index in [-0.39, 0.29) is 37.9 Å². The predicted molar refractivity (Wildman–Crippen MR) is 132 cm³/mol. The van der Waals surface area contributed by atoms with Gasteiger partial charge in [0.05, 0.1) is 25.9 Å². The first kappa shape index (κ1) is 27.9. The van der Waals surface area contributed by atoms with Crippen LogP contribution < -0.4 is 14.2 Å². The van der Waals surface area contributed by atoms with Gasteiger partial charge in [-0.1, -0.05) is 60.7 Å². The van der Waals surface area contributed by atoms with E-state index in [2.05, 4.69) is 0 Å². The van der Waals surface area contributed by atoms with Crippen LogP contribution in [0.25, 0.3) is 0 Å². The van der Waals surface area contributed by atoms with Crippen molar-refractivity contribution >= 4 is 5.97 Å². The minimum absolute atomic E-state index is 0.00740. The van der Waals surface area contributed by atoms with E-state index in [1.54, 1.807) is 24.3 Å². The Hall–Kier alpha value is -3.69. The number of hydrogen-bond acceptors (Lipinski definition) is 7. The van der Waals surface area contributed by atoms with Gasteiger partial charge in [0, 0.05) is 14.2 Å². The van der Waals surface area contributed by atoms with E-state index < -0.39 is 35.0 Å². The van der Waals surface area contributed by atoms with Gasteiger partial charge in [0.2, 0.25) is 17.3 Å². The molecule has 197 valence electrons. The van der Waals surface area contributed by atoms with Crippen molar-refractivity contribution in [1.29, 1.82) is 0 Å². The first-order valence-corrected chi connectivity index (χ1v) is 11.5. The molecule has 0 aliphatic heterocycles. The van der Waals surface area contributed by atoms with Crippen molar-refractivity contribution in [1.82, 2.24) is 0 Å². The lowest BCUT2D eigenvalue weighted by Gasteiger charge is -2.21. The maximum Gasteiger partial charge on any atom is 0.315 e. The van der Waals surface area contributed by atoms with E-state index in [4.69, 9.17) is 28.4 Å². The second-order valence-corrected chi connectivity index (χ2v) is 7.70. The van der Waals surface area contributed by atoms with Gasteiger partial charge in [0.25, 0.3) is 0 Å². The fourth-order valence-corrected chi connectivity index (χ4v) is 3.54. The molecule has 0 aliphatic rings. The summed E-state index contributed by atoms with van der Waals surface area (Å²) < 4.78 is 62.3. The first-order chi connectivity index (χ1) is 18.0. The van der Waals surface area contributed by atoms with Gasteiger partial charge in [-0.3, -0.25) is 4.79 Å². The summed E-state index contributed by atoms with van der Waals surface area (Å²) in [7, 11) is 4.15. The minimum atomic E-state index is -1.35. The Labute approximate surface area is 214 Å². The molecule has 3 aromatic carbocycles. The molecule has 0 unspecified atom stereocenters. The Balaban J connectivity index is 1.95. The predicted octanol–water partition coefficient (Wildman–Crippen LogP) is 4.91. The highest BCUT2D eigenvalue weighted by atomic mass is 19.2. The monoisotopic (exact) mass is 515 g/mol. The quantitative estimate of drug-likeness (QED) is 0.223. The van der Waals surface area contributed by atoms with Gasteiger partial charge in [-0.25, -0.2) is 4.39 Å². The zero-order valence-electron chi connectivity index (χ0n) is 20.9. The summed E-state index contributed by atoms with van der Waals surface area (Å²) in [6.07, 6.45) is 0.0530. The van der Waals surface area contributed by atoms with Crippen molar-refractivity contribution in [3.8, 4) is 17.2 Å². The molecule has 0 saturated heterocycles. The van der Waals surface area contributed by atoms with E-state index in [1.165, 1.54) is 21.3 Å². The van der Waals surface area contributed by atoms with Crippen molar-refractivity contribution in [3.05, 3.63) is 95.4 Å². The zero-order chi connectivity index (χ0) is 26.6. The summed E-state index contributed by atoms with van der Waals surface area (Å²) in [5.74, 6) is -4.54. The van der Waals surface area contributed by atoms with Crippen LogP contribution >= 0.6 is 0 Å². The largest absolute Gasteiger partial charge is 0.492 e. The average Bonchev–Trinajstić information content (AvgIpc) is 2.93. The smallest absolute Gasteiger partial charge is 0.315 e. The maximum atomic E-state index is 15.2. The van der Waals surface area contributed by atoms with Crippen molar-refractivity contribution in [2.24, 2.45) is 0 Å². The van der Waals surface area contributed by atoms with Crippen LogP contribution in [0.5, 0.6) is 17.2 Å². The first-order valence-electron chi connectivity index (χ1n) is 11.5. The van der Waals surface area contributed by atoms with Gasteiger partial charge >= 0.3 is 5.97 Å². The van der Waals surface area contributed by atoms with Gasteiger partial charge in [0.15, 0.2) is 17.7 Å². The molecule has 0 saturated carbocycles. The summed E-state index contributed by atoms with van der Waals surface area (Å²) >= 11 is 0. The van der Waals surface area contributed by atoms with Crippen LogP contribution in [0.2, 0.25) is 0 Å². The lowest BCUT2D eigenvalue weighted by atomic mass is 10.0. The molecular formula is C28H29F2O7. The summed E-state index contributed by atoms with van der Waals surface area (Å²) in [6, 6.07) is 18.1. The van der Waals surface area contributed by atoms with Gasteiger partial charge in [0.1, 0.15) is 19.6 Å². The highest BCUT2D eigenvalue weighted by Crippen LogP contribution is 2.45. The number of hydrogen-bond donors (Lipinski definition) is 0. The summed E-state index contributed by atoms with van der Waals surface area (Å²) in [5.41, 5.74) is 0.940. The van der Waals surface area contributed by atoms with E-state index in [9.17, 15) is 4.79 Å². The second kappa shape index (κ2) is 14.2. The highest BCUT2D eigenvalue weighted by molar-refractivity contribution is 5.86. The summed E-state index contributed by atoms with van der Waals surface area (Å²) in [6.45, 7) is 0.210. The lowest BCUT2D eigenvalue weighted by molar-refractivity contribution is -0.142. The molecule has 0 aromatic heterocycles. The Morgan fingerprint density at radius 2 is 1.24 bits per heavy atom. The Bertz CT molecular complexity index is 1100.